The van der Waals surface area contributed by atoms with E-state index in [4.69, 9.17) is 0 Å². The van der Waals surface area contributed by atoms with Crippen LogP contribution in [0.3, 0.4) is 0 Å². The number of carbonyl (C=O) groups excluding carboxylic acids is 2. The lowest BCUT2D eigenvalue weighted by molar-refractivity contribution is -0.139. The predicted molar refractivity (Wildman–Crippen MR) is 57.3 cm³/mol. The summed E-state index contributed by atoms with van der Waals surface area (Å²) in [7, 11) is -6.04. The molecule has 0 aromatic carbocycles. The van der Waals surface area contributed by atoms with Gasteiger partial charge in [-0.15, -0.1) is 0 Å². The molecule has 0 saturated carbocycles. The first-order valence-corrected chi connectivity index (χ1v) is 6.70. The number of ether oxygens (including phenoxy) is 1. The molecule has 0 aromatic rings. The number of nitrogens with one attached hydrogen (secondary N) is 1. The maximum atomic E-state index is 12.2. The Hall–Kier alpha value is -1.78. The van der Waals surface area contributed by atoms with E-state index < -0.39 is 38.8 Å². The van der Waals surface area contributed by atoms with Gasteiger partial charge in [-0.2, -0.15) is 21.6 Å². The van der Waals surface area contributed by atoms with E-state index in [0.717, 1.165) is 0 Å². The summed E-state index contributed by atoms with van der Waals surface area (Å²) in [5.41, 5.74) is -6.26. The highest BCUT2D eigenvalue weighted by Gasteiger charge is 2.50. The Kier molecular flexibility index (Phi) is 4.63. The van der Waals surface area contributed by atoms with Crippen molar-refractivity contribution in [3.8, 4) is 0 Å². The Morgan fingerprint density at radius 3 is 2.50 bits per heavy atom. The van der Waals surface area contributed by atoms with E-state index in [0.29, 0.717) is 0 Å². The molecule has 114 valence electrons. The molecule has 0 spiro atoms. The van der Waals surface area contributed by atoms with E-state index in [-0.39, 0.29) is 19.6 Å². The average molecular weight is 317 g/mol. The van der Waals surface area contributed by atoms with Gasteiger partial charge in [-0.05, 0) is 6.92 Å². The third-order valence-corrected chi connectivity index (χ3v) is 3.09. The Bertz CT molecular complexity index is 551. The van der Waals surface area contributed by atoms with Gasteiger partial charge in [0.2, 0.25) is 5.76 Å². The van der Waals surface area contributed by atoms with Gasteiger partial charge in [0, 0.05) is 13.0 Å². The minimum atomic E-state index is -6.04. The van der Waals surface area contributed by atoms with E-state index >= 15 is 0 Å². The smallest absolute Gasteiger partial charge is 0.463 e. The Morgan fingerprint density at radius 2 is 2.00 bits per heavy atom. The Balaban J connectivity index is 3.20. The minimum absolute atomic E-state index is 0.0497. The second kappa shape index (κ2) is 5.69. The third kappa shape index (κ3) is 3.40. The first kappa shape index (κ1) is 16.3. The number of hydrogen-bond donors (Lipinski definition) is 1. The molecule has 0 fully saturated rings. The highest BCUT2D eigenvalue weighted by atomic mass is 32.2. The summed E-state index contributed by atoms with van der Waals surface area (Å²) in [5.74, 6) is -3.55. The topological polar surface area (TPSA) is 98.8 Å². The fraction of sp³-hybridized carbons (Fsp3) is 0.556. The normalized spacial score (nSPS) is 16.7. The summed E-state index contributed by atoms with van der Waals surface area (Å²) in [6.45, 7) is 1.30. The monoisotopic (exact) mass is 317 g/mol. The van der Waals surface area contributed by atoms with Crippen LogP contribution < -0.4 is 5.32 Å². The third-order valence-electron chi connectivity index (χ3n) is 2.14. The van der Waals surface area contributed by atoms with Gasteiger partial charge in [-0.3, -0.25) is 4.79 Å². The molecular weight excluding hydrogens is 307 g/mol. The zero-order chi connectivity index (χ0) is 15.6. The zero-order valence-electron chi connectivity index (χ0n) is 10.1. The van der Waals surface area contributed by atoms with Crippen LogP contribution >= 0.6 is 0 Å². The SMILES string of the molecule is CCOC(=O)C1=C(OS(=O)(=O)C(F)(F)F)C(=O)NCC1. The van der Waals surface area contributed by atoms with Crippen LogP contribution in [0, 0.1) is 0 Å². The fourth-order valence-electron chi connectivity index (χ4n) is 1.29. The molecular formula is C9H10F3NO6S. The molecule has 1 rings (SSSR count). The second-order valence-electron chi connectivity index (χ2n) is 3.52. The van der Waals surface area contributed by atoms with E-state index in [9.17, 15) is 31.2 Å². The van der Waals surface area contributed by atoms with Gasteiger partial charge in [0.25, 0.3) is 5.91 Å². The van der Waals surface area contributed by atoms with E-state index in [2.05, 4.69) is 14.2 Å². The lowest BCUT2D eigenvalue weighted by Gasteiger charge is -2.19. The van der Waals surface area contributed by atoms with Crippen molar-refractivity contribution >= 4 is 22.0 Å². The lowest BCUT2D eigenvalue weighted by atomic mass is 10.1. The molecule has 1 aliphatic heterocycles. The van der Waals surface area contributed by atoms with Crippen LogP contribution in [0.1, 0.15) is 13.3 Å². The zero-order valence-corrected chi connectivity index (χ0v) is 10.9. The number of alkyl halides is 3. The predicted octanol–water partition coefficient (Wildman–Crippen LogP) is 0.190. The van der Waals surface area contributed by atoms with Gasteiger partial charge in [0.15, 0.2) is 0 Å². The van der Waals surface area contributed by atoms with Crippen molar-refractivity contribution in [2.24, 2.45) is 0 Å². The summed E-state index contributed by atoms with van der Waals surface area (Å²) in [6.07, 6.45) is -0.201. The van der Waals surface area contributed by atoms with Gasteiger partial charge < -0.3 is 14.2 Å². The summed E-state index contributed by atoms with van der Waals surface area (Å²) in [6, 6.07) is 0. The first-order chi connectivity index (χ1) is 9.10. The van der Waals surface area contributed by atoms with Crippen LogP contribution in [0.25, 0.3) is 0 Å². The lowest BCUT2D eigenvalue weighted by Crippen LogP contribution is -2.37. The largest absolute Gasteiger partial charge is 0.534 e. The van der Waals surface area contributed by atoms with Crippen molar-refractivity contribution in [1.82, 2.24) is 5.32 Å². The molecule has 0 aliphatic carbocycles. The molecule has 1 amide bonds. The van der Waals surface area contributed by atoms with Gasteiger partial charge >= 0.3 is 21.6 Å². The first-order valence-electron chi connectivity index (χ1n) is 5.29. The highest BCUT2D eigenvalue weighted by molar-refractivity contribution is 7.87. The van der Waals surface area contributed by atoms with Crippen LogP contribution in [0.15, 0.2) is 11.3 Å². The van der Waals surface area contributed by atoms with E-state index in [1.807, 2.05) is 0 Å². The van der Waals surface area contributed by atoms with Crippen molar-refractivity contribution in [3.05, 3.63) is 11.3 Å². The van der Waals surface area contributed by atoms with Gasteiger partial charge in [-0.1, -0.05) is 0 Å². The van der Waals surface area contributed by atoms with Gasteiger partial charge in [0.05, 0.1) is 12.2 Å². The van der Waals surface area contributed by atoms with Crippen LogP contribution in [0.5, 0.6) is 0 Å². The molecule has 11 heteroatoms. The van der Waals surface area contributed by atoms with Crippen molar-refractivity contribution in [1.29, 1.82) is 0 Å². The van der Waals surface area contributed by atoms with Crippen molar-refractivity contribution < 1.29 is 40.1 Å². The van der Waals surface area contributed by atoms with Crippen LogP contribution in [-0.2, 0) is 28.6 Å². The average Bonchev–Trinajstić information content (AvgIpc) is 2.30. The molecule has 1 aliphatic rings. The van der Waals surface area contributed by atoms with Crippen LogP contribution in [0.4, 0.5) is 13.2 Å². The van der Waals surface area contributed by atoms with Crippen molar-refractivity contribution in [2.75, 3.05) is 13.2 Å². The van der Waals surface area contributed by atoms with E-state index in [1.54, 1.807) is 0 Å². The molecule has 0 radical (unpaired) electrons. The van der Waals surface area contributed by atoms with Gasteiger partial charge in [-0.25, -0.2) is 4.79 Å². The molecule has 0 atom stereocenters. The van der Waals surface area contributed by atoms with Crippen molar-refractivity contribution in [2.45, 2.75) is 18.9 Å². The number of halogens is 3. The maximum Gasteiger partial charge on any atom is 0.534 e. The van der Waals surface area contributed by atoms with Crippen LogP contribution in [0.2, 0.25) is 0 Å². The number of rotatable bonds is 4. The van der Waals surface area contributed by atoms with Crippen molar-refractivity contribution in [3.63, 3.8) is 0 Å². The summed E-state index contributed by atoms with van der Waals surface area (Å²) in [4.78, 5) is 22.9. The summed E-state index contributed by atoms with van der Waals surface area (Å²) >= 11 is 0. The highest BCUT2D eigenvalue weighted by Crippen LogP contribution is 2.29. The molecule has 0 saturated heterocycles. The molecule has 20 heavy (non-hydrogen) atoms. The fourth-order valence-corrected chi connectivity index (χ4v) is 1.78. The molecule has 1 heterocycles. The number of carbonyl (C=O) groups is 2. The van der Waals surface area contributed by atoms with E-state index in [1.165, 1.54) is 6.92 Å². The molecule has 0 unspecified atom stereocenters. The summed E-state index contributed by atoms with van der Waals surface area (Å²) in [5, 5.41) is 2.07. The van der Waals surface area contributed by atoms with Crippen LogP contribution in [-0.4, -0.2) is 39.0 Å². The molecule has 0 bridgehead atoms. The Labute approximate surface area is 111 Å². The number of esters is 1. The number of hydrogen-bond acceptors (Lipinski definition) is 6. The summed E-state index contributed by atoms with van der Waals surface area (Å²) < 4.78 is 66.7. The quantitative estimate of drug-likeness (QED) is 0.451. The number of amides is 1. The second-order valence-corrected chi connectivity index (χ2v) is 5.06. The maximum absolute atomic E-state index is 12.2. The Morgan fingerprint density at radius 1 is 1.40 bits per heavy atom. The molecule has 1 N–H and O–H groups in total. The minimum Gasteiger partial charge on any atom is -0.463 e. The standard InChI is InChI=1S/C9H10F3NO6S/c1-2-18-8(15)5-3-4-13-7(14)6(5)19-20(16,17)9(10,11)12/h2-4H2,1H3,(H,13,14). The molecule has 0 aromatic heterocycles. The van der Waals surface area contributed by atoms with Gasteiger partial charge in [0.1, 0.15) is 0 Å². The molecule has 7 nitrogen and oxygen atoms in total.